The van der Waals surface area contributed by atoms with Gasteiger partial charge in [-0.15, -0.1) is 10.2 Å². The van der Waals surface area contributed by atoms with Crippen LogP contribution in [0.1, 0.15) is 107 Å². The fourth-order valence-corrected chi connectivity index (χ4v) is 10.0. The molecule has 0 spiro atoms. The molecule has 364 valence electrons. The summed E-state index contributed by atoms with van der Waals surface area (Å²) in [5.74, 6) is -3.50. The van der Waals surface area contributed by atoms with Gasteiger partial charge in [0.05, 0.1) is 46.0 Å². The minimum absolute atomic E-state index is 0.00851. The first-order chi connectivity index (χ1) is 33.3. The maximum Gasteiger partial charge on any atom is 0.305 e. The topological polar surface area (TPSA) is 236 Å². The van der Waals surface area contributed by atoms with Crippen molar-refractivity contribution >= 4 is 64.9 Å². The third-order valence-electron chi connectivity index (χ3n) is 13.7. The number of carbonyl (C=O) groups excluding carboxylic acids is 6. The normalized spacial score (nSPS) is 21.8. The molecule has 0 radical (unpaired) electrons. The molecule has 0 unspecified atom stereocenters. The van der Waals surface area contributed by atoms with Crippen molar-refractivity contribution in [2.75, 3.05) is 62.3 Å². The minimum Gasteiger partial charge on any atom is -0.490 e. The molecule has 4 fully saturated rings. The van der Waals surface area contributed by atoms with Crippen LogP contribution in [-0.2, 0) is 23.9 Å². The van der Waals surface area contributed by atoms with Gasteiger partial charge in [-0.3, -0.25) is 43.5 Å². The summed E-state index contributed by atoms with van der Waals surface area (Å²) in [6, 6.07) is 11.6. The number of nitrogens with zero attached hydrogens (tertiary/aromatic N) is 8. The number of aldehydes is 1. The van der Waals surface area contributed by atoms with Gasteiger partial charge < -0.3 is 34.5 Å². The number of imide groups is 2. The number of aliphatic carboxylic acids is 1. The Morgan fingerprint density at radius 3 is 2.29 bits per heavy atom. The van der Waals surface area contributed by atoms with Crippen LogP contribution >= 0.6 is 11.6 Å². The highest BCUT2D eigenvalue weighted by Gasteiger charge is 2.48. The summed E-state index contributed by atoms with van der Waals surface area (Å²) >= 11 is 6.15. The van der Waals surface area contributed by atoms with Gasteiger partial charge in [-0.2, -0.15) is 5.26 Å². The summed E-state index contributed by atoms with van der Waals surface area (Å²) in [6.45, 7) is 4.06. The monoisotopic (exact) mass is 969 g/mol. The predicted molar refractivity (Wildman–Crippen MR) is 245 cm³/mol. The quantitative estimate of drug-likeness (QED) is 0.142. The second kappa shape index (κ2) is 21.8. The average Bonchev–Trinajstić information content (AvgIpc) is 3.58. The molecule has 8 rings (SSSR count). The summed E-state index contributed by atoms with van der Waals surface area (Å²) in [6.07, 6.45) is 3.77. The van der Waals surface area contributed by atoms with E-state index >= 15 is 4.39 Å². The van der Waals surface area contributed by atoms with Crippen LogP contribution in [0.5, 0.6) is 5.75 Å². The largest absolute Gasteiger partial charge is 0.490 e. The third-order valence-corrected chi connectivity index (χ3v) is 14.0. The van der Waals surface area contributed by atoms with Crippen molar-refractivity contribution in [3.05, 3.63) is 75.7 Å². The summed E-state index contributed by atoms with van der Waals surface area (Å²) in [5.41, 5.74) is 0.615. The van der Waals surface area contributed by atoms with E-state index in [1.807, 2.05) is 17.0 Å². The second-order valence-corrected chi connectivity index (χ2v) is 18.5. The number of hydrogen-bond acceptors (Lipinski definition) is 15. The number of carboxylic acid groups (broad SMARTS) is 1. The van der Waals surface area contributed by atoms with Crippen LogP contribution in [0.3, 0.4) is 0 Å². The Bertz CT molecular complexity index is 2500. The highest BCUT2D eigenvalue weighted by atomic mass is 35.5. The fourth-order valence-electron chi connectivity index (χ4n) is 9.80. The molecule has 1 aliphatic carbocycles. The molecule has 2 aromatic carbocycles. The standard InChI is InChI=1S/C48H53ClFN9O10/c49-37-22-34(6-3-30(37)26-51)69-32-7-4-31(5-8-32)52-45(64)39-9-11-42(54-53-39)57-15-13-29(14-16-57)27-55-17-19-56(20-18-55)41-25-36-35(24-38(41)50)46(65)59(47(36)66)40-10-12-43(61)58(48(40)67)28-68-33(2-1-21-60)23-44(62)63/h3,6,9,11,21-22,24-25,29,31-33,40H,1-2,4-5,7-8,10,12-20,23,27-28H2,(H,52,64)(H,62,63)/t31?,32?,33-,40-/m1/s1. The van der Waals surface area contributed by atoms with Crippen molar-refractivity contribution < 1.29 is 52.5 Å². The predicted octanol–water partition coefficient (Wildman–Crippen LogP) is 4.21. The lowest BCUT2D eigenvalue weighted by molar-refractivity contribution is -0.161. The molecule has 5 heterocycles. The average molecular weight is 970 g/mol. The van der Waals surface area contributed by atoms with E-state index < -0.39 is 60.7 Å². The van der Waals surface area contributed by atoms with E-state index in [1.165, 1.54) is 6.07 Å². The number of benzene rings is 2. The van der Waals surface area contributed by atoms with Crippen LogP contribution in [0.15, 0.2) is 42.5 Å². The molecule has 0 bridgehead atoms. The number of rotatable bonds is 17. The molecule has 5 aliphatic rings. The first-order valence-corrected chi connectivity index (χ1v) is 23.7. The van der Waals surface area contributed by atoms with Crippen molar-refractivity contribution in [3.8, 4) is 11.8 Å². The molecule has 19 nitrogen and oxygen atoms in total. The minimum atomic E-state index is -1.35. The van der Waals surface area contributed by atoms with E-state index in [9.17, 15) is 38.7 Å². The number of amides is 5. The molecular formula is C48H53ClFN9O10. The lowest BCUT2D eigenvalue weighted by Crippen LogP contribution is -2.56. The Balaban J connectivity index is 0.772. The number of anilines is 2. The zero-order valence-electron chi connectivity index (χ0n) is 37.9. The second-order valence-electron chi connectivity index (χ2n) is 18.1. The highest BCUT2D eigenvalue weighted by Crippen LogP contribution is 2.35. The van der Waals surface area contributed by atoms with Gasteiger partial charge in [-0.25, -0.2) is 4.39 Å². The van der Waals surface area contributed by atoms with E-state index in [0.29, 0.717) is 60.5 Å². The molecule has 3 saturated heterocycles. The number of piperazine rings is 1. The molecule has 1 saturated carbocycles. The Hall–Kier alpha value is -6.56. The van der Waals surface area contributed by atoms with Crippen molar-refractivity contribution in [2.24, 2.45) is 5.92 Å². The Morgan fingerprint density at radius 1 is 0.913 bits per heavy atom. The van der Waals surface area contributed by atoms with Crippen molar-refractivity contribution in [1.29, 1.82) is 5.26 Å². The van der Waals surface area contributed by atoms with E-state index in [4.69, 9.17) is 26.3 Å². The molecule has 4 aliphatic heterocycles. The van der Waals surface area contributed by atoms with Gasteiger partial charge in [-0.1, -0.05) is 11.6 Å². The summed E-state index contributed by atoms with van der Waals surface area (Å²) < 4.78 is 27.4. The van der Waals surface area contributed by atoms with Gasteiger partial charge in [0.2, 0.25) is 5.91 Å². The number of aromatic nitrogens is 2. The fraction of sp³-hybridized carbons (Fsp3) is 0.500. The smallest absolute Gasteiger partial charge is 0.305 e. The van der Waals surface area contributed by atoms with Crippen LogP contribution in [0.25, 0.3) is 0 Å². The van der Waals surface area contributed by atoms with Crippen LogP contribution in [-0.4, -0.2) is 149 Å². The number of piperidine rings is 2. The number of nitrogens with one attached hydrogen (secondary N) is 1. The number of ether oxygens (including phenoxy) is 2. The van der Waals surface area contributed by atoms with Crippen LogP contribution < -0.4 is 19.9 Å². The molecule has 5 amide bonds. The van der Waals surface area contributed by atoms with Crippen LogP contribution in [0, 0.1) is 23.1 Å². The van der Waals surface area contributed by atoms with Crippen LogP contribution in [0.2, 0.25) is 5.02 Å². The molecule has 3 aromatic rings. The molecule has 21 heteroatoms. The number of carbonyl (C=O) groups is 7. The lowest BCUT2D eigenvalue weighted by Gasteiger charge is -2.39. The summed E-state index contributed by atoms with van der Waals surface area (Å²) in [7, 11) is 0. The van der Waals surface area contributed by atoms with Gasteiger partial charge in [0.1, 0.15) is 36.7 Å². The first-order valence-electron chi connectivity index (χ1n) is 23.4. The lowest BCUT2D eigenvalue weighted by atomic mass is 9.93. The van der Waals surface area contributed by atoms with Gasteiger partial charge in [0.15, 0.2) is 11.5 Å². The highest BCUT2D eigenvalue weighted by molar-refractivity contribution is 6.31. The number of likely N-dealkylation sites (tertiary alicyclic amines) is 1. The number of halogens is 2. The van der Waals surface area contributed by atoms with Gasteiger partial charge in [0.25, 0.3) is 23.6 Å². The van der Waals surface area contributed by atoms with Crippen LogP contribution in [0.4, 0.5) is 15.9 Å². The van der Waals surface area contributed by atoms with Crippen molar-refractivity contribution in [2.45, 2.75) is 94.9 Å². The Labute approximate surface area is 402 Å². The van der Waals surface area contributed by atoms with Gasteiger partial charge in [-0.05, 0) is 93.7 Å². The van der Waals surface area contributed by atoms with Crippen molar-refractivity contribution in [3.63, 3.8) is 0 Å². The zero-order chi connectivity index (χ0) is 48.8. The molecular weight excluding hydrogens is 917 g/mol. The molecule has 69 heavy (non-hydrogen) atoms. The number of nitriles is 1. The van der Waals surface area contributed by atoms with E-state index in [2.05, 4.69) is 25.3 Å². The molecule has 2 N–H and O–H groups in total. The Morgan fingerprint density at radius 2 is 1.64 bits per heavy atom. The van der Waals surface area contributed by atoms with E-state index in [1.54, 1.807) is 24.3 Å². The number of carboxylic acids is 1. The maximum absolute atomic E-state index is 15.8. The Kier molecular flexibility index (Phi) is 15.5. The number of hydrogen-bond donors (Lipinski definition) is 2. The number of fused-ring (bicyclic) bond motifs is 1. The SMILES string of the molecule is N#Cc1ccc(OC2CCC(NC(=O)c3ccc(N4CCC(CN5CCN(c6cc7c(cc6F)C(=O)N([C@@H]6CCC(=O)N(CO[C@H](CCC=O)CC(=O)O)C6=O)C7=O)CC5)CC4)nn3)CC2)cc1Cl. The van der Waals surface area contributed by atoms with Gasteiger partial charge in [0, 0.05) is 70.8 Å². The van der Waals surface area contributed by atoms with Crippen molar-refractivity contribution in [1.82, 2.24) is 30.2 Å². The molecule has 1 aromatic heterocycles. The molecule has 2 atom stereocenters. The van der Waals surface area contributed by atoms with E-state index in [0.717, 1.165) is 74.0 Å². The third kappa shape index (κ3) is 11.3. The maximum atomic E-state index is 15.8. The van der Waals surface area contributed by atoms with Gasteiger partial charge >= 0.3 is 5.97 Å². The summed E-state index contributed by atoms with van der Waals surface area (Å²) in [4.78, 5) is 96.8. The first kappa shape index (κ1) is 48.9. The zero-order valence-corrected chi connectivity index (χ0v) is 38.7. The summed E-state index contributed by atoms with van der Waals surface area (Å²) in [5, 5.41) is 30.4. The van der Waals surface area contributed by atoms with E-state index in [-0.39, 0.29) is 66.2 Å².